The highest BCUT2D eigenvalue weighted by Crippen LogP contribution is 2.27. The molecule has 0 spiro atoms. The maximum atomic E-state index is 12.0. The van der Waals surface area contributed by atoms with Gasteiger partial charge in [0.1, 0.15) is 0 Å². The zero-order valence-electron chi connectivity index (χ0n) is 10.6. The minimum Gasteiger partial charge on any atom is -0.481 e. The van der Waals surface area contributed by atoms with Crippen molar-refractivity contribution in [2.75, 3.05) is 0 Å². The van der Waals surface area contributed by atoms with E-state index in [1.54, 1.807) is 0 Å². The number of hydrogen-bond donors (Lipinski definition) is 3. The van der Waals surface area contributed by atoms with Crippen molar-refractivity contribution in [3.63, 3.8) is 0 Å². The third-order valence-electron chi connectivity index (χ3n) is 4.27. The zero-order chi connectivity index (χ0) is 13.1. The molecule has 102 valence electrons. The molecule has 2 saturated carbocycles. The van der Waals surface area contributed by atoms with E-state index >= 15 is 0 Å². The molecule has 0 bridgehead atoms. The Labute approximate surface area is 107 Å². The van der Waals surface area contributed by atoms with Crippen molar-refractivity contribution in [1.29, 1.82) is 0 Å². The number of hydrogen-bond acceptors (Lipinski definition) is 3. The van der Waals surface area contributed by atoms with Gasteiger partial charge in [0.25, 0.3) is 0 Å². The number of carbonyl (C=O) groups is 2. The Morgan fingerprint density at radius 2 is 1.61 bits per heavy atom. The largest absolute Gasteiger partial charge is 0.481 e. The van der Waals surface area contributed by atoms with Crippen LogP contribution < -0.4 is 11.1 Å². The maximum absolute atomic E-state index is 12.0. The molecule has 0 aromatic carbocycles. The molecule has 0 saturated heterocycles. The number of carbonyl (C=O) groups excluding carboxylic acids is 1. The molecule has 5 nitrogen and oxygen atoms in total. The Bertz CT molecular complexity index is 324. The highest BCUT2D eigenvalue weighted by atomic mass is 16.4. The topological polar surface area (TPSA) is 92.4 Å². The van der Waals surface area contributed by atoms with Crippen molar-refractivity contribution in [3.8, 4) is 0 Å². The summed E-state index contributed by atoms with van der Waals surface area (Å²) in [4.78, 5) is 22.8. The first kappa shape index (κ1) is 13.3. The molecule has 1 amide bonds. The first-order chi connectivity index (χ1) is 8.56. The smallest absolute Gasteiger partial charge is 0.306 e. The Morgan fingerprint density at radius 1 is 1.00 bits per heavy atom. The number of nitrogens with one attached hydrogen (secondary N) is 1. The van der Waals surface area contributed by atoms with E-state index in [0.29, 0.717) is 12.8 Å². The van der Waals surface area contributed by atoms with Gasteiger partial charge in [-0.25, -0.2) is 0 Å². The number of nitrogens with two attached hydrogens (primary N) is 1. The van der Waals surface area contributed by atoms with Gasteiger partial charge in [-0.1, -0.05) is 0 Å². The SMILES string of the molecule is NC1CCC(C(=O)NC2CCC(C(=O)O)CC2)C1. The van der Waals surface area contributed by atoms with Crippen molar-refractivity contribution in [3.05, 3.63) is 0 Å². The molecule has 2 atom stereocenters. The Balaban J connectivity index is 1.74. The predicted molar refractivity (Wildman–Crippen MR) is 66.8 cm³/mol. The van der Waals surface area contributed by atoms with Crippen LogP contribution in [0.2, 0.25) is 0 Å². The molecule has 0 radical (unpaired) electrons. The van der Waals surface area contributed by atoms with E-state index in [-0.39, 0.29) is 29.8 Å². The lowest BCUT2D eigenvalue weighted by Gasteiger charge is -2.27. The van der Waals surface area contributed by atoms with Crippen molar-refractivity contribution in [1.82, 2.24) is 5.32 Å². The van der Waals surface area contributed by atoms with Crippen LogP contribution in [0.15, 0.2) is 0 Å². The van der Waals surface area contributed by atoms with Gasteiger partial charge < -0.3 is 16.2 Å². The van der Waals surface area contributed by atoms with Crippen molar-refractivity contribution in [2.24, 2.45) is 17.6 Å². The fourth-order valence-electron chi connectivity index (χ4n) is 3.06. The van der Waals surface area contributed by atoms with Crippen molar-refractivity contribution >= 4 is 11.9 Å². The highest BCUT2D eigenvalue weighted by molar-refractivity contribution is 5.79. The molecule has 2 aliphatic rings. The van der Waals surface area contributed by atoms with Crippen LogP contribution in [0, 0.1) is 11.8 Å². The molecule has 0 aromatic rings. The van der Waals surface area contributed by atoms with Crippen molar-refractivity contribution in [2.45, 2.75) is 57.0 Å². The molecule has 0 aromatic heterocycles. The van der Waals surface area contributed by atoms with Gasteiger partial charge in [0.05, 0.1) is 5.92 Å². The van der Waals surface area contributed by atoms with Gasteiger partial charge in [-0.3, -0.25) is 9.59 Å². The monoisotopic (exact) mass is 254 g/mol. The van der Waals surface area contributed by atoms with Gasteiger partial charge >= 0.3 is 5.97 Å². The van der Waals surface area contributed by atoms with Crippen LogP contribution in [0.4, 0.5) is 0 Å². The number of rotatable bonds is 3. The summed E-state index contributed by atoms with van der Waals surface area (Å²) in [6.07, 6.45) is 5.51. The highest BCUT2D eigenvalue weighted by Gasteiger charge is 2.31. The van der Waals surface area contributed by atoms with Gasteiger partial charge in [-0.05, 0) is 44.9 Å². The van der Waals surface area contributed by atoms with Crippen LogP contribution in [0.1, 0.15) is 44.9 Å². The van der Waals surface area contributed by atoms with Crippen molar-refractivity contribution < 1.29 is 14.7 Å². The fraction of sp³-hybridized carbons (Fsp3) is 0.846. The zero-order valence-corrected chi connectivity index (χ0v) is 10.6. The van der Waals surface area contributed by atoms with Crippen LogP contribution in [0.5, 0.6) is 0 Å². The van der Waals surface area contributed by atoms with Gasteiger partial charge in [0.15, 0.2) is 0 Å². The molecule has 2 aliphatic carbocycles. The summed E-state index contributed by atoms with van der Waals surface area (Å²) < 4.78 is 0. The molecule has 2 unspecified atom stereocenters. The fourth-order valence-corrected chi connectivity index (χ4v) is 3.06. The van der Waals surface area contributed by atoms with E-state index in [4.69, 9.17) is 10.8 Å². The van der Waals surface area contributed by atoms with Crippen LogP contribution in [0.25, 0.3) is 0 Å². The average Bonchev–Trinajstić information content (AvgIpc) is 2.76. The van der Waals surface area contributed by atoms with E-state index in [1.165, 1.54) is 0 Å². The van der Waals surface area contributed by atoms with Crippen LogP contribution in [-0.2, 0) is 9.59 Å². The molecule has 18 heavy (non-hydrogen) atoms. The van der Waals surface area contributed by atoms with E-state index < -0.39 is 5.97 Å². The van der Waals surface area contributed by atoms with Gasteiger partial charge in [0, 0.05) is 18.0 Å². The number of amides is 1. The van der Waals surface area contributed by atoms with E-state index in [2.05, 4.69) is 5.32 Å². The predicted octanol–water partition coefficient (Wildman–Crippen LogP) is 0.873. The molecular formula is C13H22N2O3. The summed E-state index contributed by atoms with van der Waals surface area (Å²) >= 11 is 0. The quantitative estimate of drug-likeness (QED) is 0.697. The molecule has 2 rings (SSSR count). The van der Waals surface area contributed by atoms with E-state index in [9.17, 15) is 9.59 Å². The second-order valence-electron chi connectivity index (χ2n) is 5.67. The standard InChI is InChI=1S/C13H22N2O3/c14-10-4-1-9(7-10)12(16)15-11-5-2-8(3-6-11)13(17)18/h8-11H,1-7,14H2,(H,15,16)(H,17,18). The summed E-state index contributed by atoms with van der Waals surface area (Å²) in [7, 11) is 0. The van der Waals surface area contributed by atoms with Crippen LogP contribution in [-0.4, -0.2) is 29.1 Å². The second-order valence-corrected chi connectivity index (χ2v) is 5.67. The number of aliphatic carboxylic acids is 1. The molecule has 0 heterocycles. The average molecular weight is 254 g/mol. The van der Waals surface area contributed by atoms with Gasteiger partial charge in [0.2, 0.25) is 5.91 Å². The molecule has 0 aliphatic heterocycles. The first-order valence-corrected chi connectivity index (χ1v) is 6.85. The summed E-state index contributed by atoms with van der Waals surface area (Å²) in [6, 6.07) is 0.327. The summed E-state index contributed by atoms with van der Waals surface area (Å²) in [5.74, 6) is -0.751. The molecule has 5 heteroatoms. The lowest BCUT2D eigenvalue weighted by atomic mass is 9.86. The third kappa shape index (κ3) is 3.22. The second kappa shape index (κ2) is 5.69. The summed E-state index contributed by atoms with van der Waals surface area (Å²) in [5.41, 5.74) is 5.80. The van der Waals surface area contributed by atoms with E-state index in [1.807, 2.05) is 0 Å². The summed E-state index contributed by atoms with van der Waals surface area (Å²) in [5, 5.41) is 12.0. The lowest BCUT2D eigenvalue weighted by molar-refractivity contribution is -0.142. The minimum atomic E-state index is -0.707. The van der Waals surface area contributed by atoms with Gasteiger partial charge in [-0.2, -0.15) is 0 Å². The Kier molecular flexibility index (Phi) is 4.22. The number of carboxylic acids is 1. The van der Waals surface area contributed by atoms with Crippen LogP contribution in [0.3, 0.4) is 0 Å². The molecule has 4 N–H and O–H groups in total. The molecule has 2 fully saturated rings. The number of carboxylic acid groups (broad SMARTS) is 1. The minimum absolute atomic E-state index is 0.0668. The normalized spacial score (nSPS) is 36.3. The Morgan fingerprint density at radius 3 is 2.11 bits per heavy atom. The first-order valence-electron chi connectivity index (χ1n) is 6.85. The van der Waals surface area contributed by atoms with E-state index in [0.717, 1.165) is 32.1 Å². The maximum Gasteiger partial charge on any atom is 0.306 e. The molecular weight excluding hydrogens is 232 g/mol. The lowest BCUT2D eigenvalue weighted by Crippen LogP contribution is -2.41. The third-order valence-corrected chi connectivity index (χ3v) is 4.27. The summed E-state index contributed by atoms with van der Waals surface area (Å²) in [6.45, 7) is 0. The van der Waals surface area contributed by atoms with Gasteiger partial charge in [-0.15, -0.1) is 0 Å². The Hall–Kier alpha value is -1.10. The van der Waals surface area contributed by atoms with Crippen LogP contribution >= 0.6 is 0 Å².